The minimum atomic E-state index is -0.260. The van der Waals surface area contributed by atoms with E-state index in [1.165, 1.54) is 0 Å². The summed E-state index contributed by atoms with van der Waals surface area (Å²) in [4.78, 5) is 17.4. The molecule has 0 radical (unpaired) electrons. The van der Waals surface area contributed by atoms with Gasteiger partial charge in [-0.1, -0.05) is 33.2 Å². The van der Waals surface area contributed by atoms with Crippen molar-refractivity contribution in [3.63, 3.8) is 0 Å². The van der Waals surface area contributed by atoms with Crippen LogP contribution in [0.25, 0.3) is 11.3 Å². The number of carbonyl (C=O) groups excluding carboxylic acids is 1. The second kappa shape index (κ2) is 9.16. The standard InChI is InChI=1S/C22H25BrN4O3/c1-15-3-8-20(29-15)19(27-11-9-26(2)10-12-27)14-24-22(28)18-13-21(30-25-18)16-4-6-17(23)7-5-16/h3-8,13,19H,9-12,14H2,1-2H3,(H,24,28)/t19-/m0/s1. The molecule has 158 valence electrons. The number of nitrogens with one attached hydrogen (secondary N) is 1. The summed E-state index contributed by atoms with van der Waals surface area (Å²) in [5, 5.41) is 6.95. The van der Waals surface area contributed by atoms with Crippen molar-refractivity contribution >= 4 is 21.8 Å². The number of halogens is 1. The van der Waals surface area contributed by atoms with Crippen LogP contribution in [0.5, 0.6) is 0 Å². The van der Waals surface area contributed by atoms with Gasteiger partial charge in [0, 0.05) is 48.8 Å². The zero-order valence-corrected chi connectivity index (χ0v) is 18.7. The van der Waals surface area contributed by atoms with Crippen molar-refractivity contribution in [3.05, 3.63) is 64.2 Å². The van der Waals surface area contributed by atoms with Crippen molar-refractivity contribution in [2.45, 2.75) is 13.0 Å². The molecule has 3 heterocycles. The third kappa shape index (κ3) is 4.83. The van der Waals surface area contributed by atoms with Gasteiger partial charge in [-0.3, -0.25) is 9.69 Å². The maximum atomic E-state index is 12.7. The summed E-state index contributed by atoms with van der Waals surface area (Å²) in [6, 6.07) is 13.3. The molecule has 1 atom stereocenters. The number of furan rings is 1. The number of nitrogens with zero attached hydrogens (tertiary/aromatic N) is 3. The molecule has 0 saturated carbocycles. The maximum Gasteiger partial charge on any atom is 0.273 e. The predicted octanol–water partition coefficient (Wildman–Crippen LogP) is 3.72. The summed E-state index contributed by atoms with van der Waals surface area (Å²) in [6.45, 7) is 6.20. The van der Waals surface area contributed by atoms with Crippen molar-refractivity contribution in [3.8, 4) is 11.3 Å². The van der Waals surface area contributed by atoms with E-state index >= 15 is 0 Å². The van der Waals surface area contributed by atoms with Gasteiger partial charge in [-0.2, -0.15) is 0 Å². The molecule has 8 heteroatoms. The summed E-state index contributed by atoms with van der Waals surface area (Å²) in [5.74, 6) is 2.04. The summed E-state index contributed by atoms with van der Waals surface area (Å²) in [6.07, 6.45) is 0. The Labute approximate surface area is 184 Å². The van der Waals surface area contributed by atoms with Gasteiger partial charge >= 0.3 is 0 Å². The normalized spacial score (nSPS) is 16.5. The number of hydrogen-bond donors (Lipinski definition) is 1. The van der Waals surface area contributed by atoms with E-state index in [0.29, 0.717) is 12.3 Å². The van der Waals surface area contributed by atoms with E-state index in [4.69, 9.17) is 8.94 Å². The molecule has 1 aliphatic heterocycles. The van der Waals surface area contributed by atoms with Crippen molar-refractivity contribution < 1.29 is 13.7 Å². The van der Waals surface area contributed by atoms with Crippen molar-refractivity contribution in [2.75, 3.05) is 39.8 Å². The fraction of sp³-hybridized carbons (Fsp3) is 0.364. The highest BCUT2D eigenvalue weighted by molar-refractivity contribution is 9.10. The summed E-state index contributed by atoms with van der Waals surface area (Å²) < 4.78 is 12.2. The van der Waals surface area contributed by atoms with E-state index in [2.05, 4.69) is 43.3 Å². The lowest BCUT2D eigenvalue weighted by Crippen LogP contribution is -2.48. The first-order chi connectivity index (χ1) is 14.5. The lowest BCUT2D eigenvalue weighted by Gasteiger charge is -2.37. The number of piperazine rings is 1. The minimum Gasteiger partial charge on any atom is -0.465 e. The van der Waals surface area contributed by atoms with Gasteiger partial charge < -0.3 is 19.2 Å². The molecule has 1 N–H and O–H groups in total. The molecule has 1 amide bonds. The van der Waals surface area contributed by atoms with Crippen LogP contribution in [-0.4, -0.2) is 60.6 Å². The predicted molar refractivity (Wildman–Crippen MR) is 117 cm³/mol. The van der Waals surface area contributed by atoms with Gasteiger partial charge in [0.1, 0.15) is 11.5 Å². The van der Waals surface area contributed by atoms with Crippen molar-refractivity contribution in [2.24, 2.45) is 0 Å². The van der Waals surface area contributed by atoms with Gasteiger partial charge in [-0.15, -0.1) is 0 Å². The minimum absolute atomic E-state index is 0.0193. The van der Waals surface area contributed by atoms with Gasteiger partial charge in [0.25, 0.3) is 5.91 Å². The Morgan fingerprint density at radius 2 is 1.90 bits per heavy atom. The molecule has 7 nitrogen and oxygen atoms in total. The molecule has 0 bridgehead atoms. The Hall–Kier alpha value is -2.42. The van der Waals surface area contributed by atoms with Crippen LogP contribution in [0, 0.1) is 6.92 Å². The molecular formula is C22H25BrN4O3. The third-order valence-electron chi connectivity index (χ3n) is 5.40. The van der Waals surface area contributed by atoms with E-state index < -0.39 is 0 Å². The van der Waals surface area contributed by atoms with E-state index in [1.54, 1.807) is 6.07 Å². The van der Waals surface area contributed by atoms with E-state index in [9.17, 15) is 4.79 Å². The number of rotatable bonds is 6. The first-order valence-corrected chi connectivity index (χ1v) is 10.8. The summed E-state index contributed by atoms with van der Waals surface area (Å²) in [7, 11) is 2.12. The number of hydrogen-bond acceptors (Lipinski definition) is 6. The van der Waals surface area contributed by atoms with Crippen LogP contribution in [0.15, 0.2) is 55.9 Å². The van der Waals surface area contributed by atoms with Crippen molar-refractivity contribution in [1.29, 1.82) is 0 Å². The third-order valence-corrected chi connectivity index (χ3v) is 5.92. The maximum absolute atomic E-state index is 12.7. The van der Waals surface area contributed by atoms with Crippen LogP contribution in [0.1, 0.15) is 28.1 Å². The zero-order valence-electron chi connectivity index (χ0n) is 17.1. The number of aryl methyl sites for hydroxylation is 1. The van der Waals surface area contributed by atoms with Crippen LogP contribution in [0.2, 0.25) is 0 Å². The molecule has 0 spiro atoms. The quantitative estimate of drug-likeness (QED) is 0.588. The molecule has 1 aromatic carbocycles. The second-order valence-electron chi connectivity index (χ2n) is 7.60. The fourth-order valence-corrected chi connectivity index (χ4v) is 3.85. The van der Waals surface area contributed by atoms with E-state index in [-0.39, 0.29) is 17.6 Å². The van der Waals surface area contributed by atoms with E-state index in [0.717, 1.165) is 47.7 Å². The number of carbonyl (C=O) groups is 1. The molecule has 30 heavy (non-hydrogen) atoms. The number of amides is 1. The first kappa shape index (κ1) is 20.8. The monoisotopic (exact) mass is 472 g/mol. The molecule has 0 unspecified atom stereocenters. The average molecular weight is 473 g/mol. The Morgan fingerprint density at radius 3 is 2.57 bits per heavy atom. The molecular weight excluding hydrogens is 448 g/mol. The Balaban J connectivity index is 1.44. The molecule has 4 rings (SSSR count). The number of aromatic nitrogens is 1. The van der Waals surface area contributed by atoms with Crippen molar-refractivity contribution in [1.82, 2.24) is 20.3 Å². The second-order valence-corrected chi connectivity index (χ2v) is 8.51. The van der Waals surface area contributed by atoms with Gasteiger partial charge in [0.15, 0.2) is 11.5 Å². The van der Waals surface area contributed by atoms with Gasteiger partial charge in [-0.05, 0) is 38.2 Å². The molecule has 2 aromatic heterocycles. The molecule has 1 saturated heterocycles. The smallest absolute Gasteiger partial charge is 0.273 e. The Morgan fingerprint density at radius 1 is 1.17 bits per heavy atom. The van der Waals surface area contributed by atoms with Crippen LogP contribution >= 0.6 is 15.9 Å². The van der Waals surface area contributed by atoms with Gasteiger partial charge in [-0.25, -0.2) is 0 Å². The van der Waals surface area contributed by atoms with E-state index in [1.807, 2.05) is 43.3 Å². The average Bonchev–Trinajstić information content (AvgIpc) is 3.39. The van der Waals surface area contributed by atoms with Crippen LogP contribution in [-0.2, 0) is 0 Å². The van der Waals surface area contributed by atoms with Crippen LogP contribution < -0.4 is 5.32 Å². The highest BCUT2D eigenvalue weighted by Crippen LogP contribution is 2.25. The lowest BCUT2D eigenvalue weighted by atomic mass is 10.1. The first-order valence-electron chi connectivity index (χ1n) is 9.99. The van der Waals surface area contributed by atoms with Crippen LogP contribution in [0.3, 0.4) is 0 Å². The summed E-state index contributed by atoms with van der Waals surface area (Å²) >= 11 is 3.41. The largest absolute Gasteiger partial charge is 0.465 e. The molecule has 1 aliphatic rings. The number of benzene rings is 1. The molecule has 1 fully saturated rings. The lowest BCUT2D eigenvalue weighted by molar-refractivity contribution is 0.0843. The highest BCUT2D eigenvalue weighted by Gasteiger charge is 2.27. The van der Waals surface area contributed by atoms with Crippen LogP contribution in [0.4, 0.5) is 0 Å². The Kier molecular flexibility index (Phi) is 6.36. The topological polar surface area (TPSA) is 74.8 Å². The highest BCUT2D eigenvalue weighted by atomic mass is 79.9. The zero-order chi connectivity index (χ0) is 21.1. The van der Waals surface area contributed by atoms with Gasteiger partial charge in [0.05, 0.1) is 6.04 Å². The molecule has 0 aliphatic carbocycles. The molecule has 3 aromatic rings. The van der Waals surface area contributed by atoms with Gasteiger partial charge in [0.2, 0.25) is 0 Å². The number of likely N-dealkylation sites (N-methyl/N-ethyl adjacent to an activating group) is 1. The Bertz CT molecular complexity index is 990. The SMILES string of the molecule is Cc1ccc([C@H](CNC(=O)c2cc(-c3ccc(Br)cc3)on2)N2CCN(C)CC2)o1. The summed E-state index contributed by atoms with van der Waals surface area (Å²) in [5.41, 5.74) is 1.13. The fourth-order valence-electron chi connectivity index (χ4n) is 3.59.